The summed E-state index contributed by atoms with van der Waals surface area (Å²) in [5.41, 5.74) is -0.959. The number of halogens is 3. The summed E-state index contributed by atoms with van der Waals surface area (Å²) in [5, 5.41) is 0. The highest BCUT2D eigenvalue weighted by molar-refractivity contribution is 5.34. The molecule has 1 aliphatic rings. The monoisotopic (exact) mass is 261 g/mol. The Bertz CT molecular complexity index is 441. The highest BCUT2D eigenvalue weighted by Crippen LogP contribution is 2.57. The fourth-order valence-corrected chi connectivity index (χ4v) is 1.65. The van der Waals surface area contributed by atoms with Gasteiger partial charge in [0.25, 0.3) is 5.88 Å². The zero-order chi connectivity index (χ0) is 13.4. The summed E-state index contributed by atoms with van der Waals surface area (Å²) in [5.74, 6) is 0.464. The van der Waals surface area contributed by atoms with Gasteiger partial charge in [0, 0.05) is 5.69 Å². The number of aromatic nitrogens is 1. The molecule has 0 atom stereocenters. The van der Waals surface area contributed by atoms with Crippen molar-refractivity contribution in [1.29, 1.82) is 0 Å². The molecule has 0 unspecified atom stereocenters. The molecule has 1 aliphatic carbocycles. The van der Waals surface area contributed by atoms with E-state index in [2.05, 4.69) is 4.98 Å². The smallest absolute Gasteiger partial charge is 0.397 e. The molecule has 3 nitrogen and oxygen atoms in total. The molecule has 0 N–H and O–H groups in total. The number of rotatable bonds is 4. The maximum Gasteiger partial charge on any atom is 0.397 e. The van der Waals surface area contributed by atoms with Crippen LogP contribution in [0.1, 0.15) is 18.5 Å². The van der Waals surface area contributed by atoms with E-state index in [1.165, 1.54) is 7.11 Å². The fourth-order valence-electron chi connectivity index (χ4n) is 1.65. The average Bonchev–Trinajstić information content (AvgIpc) is 3.07. The minimum absolute atomic E-state index is 0.123. The number of methoxy groups -OCH3 is 1. The zero-order valence-electron chi connectivity index (χ0n) is 10.2. The summed E-state index contributed by atoms with van der Waals surface area (Å²) < 4.78 is 48.4. The number of pyridine rings is 1. The van der Waals surface area contributed by atoms with Crippen molar-refractivity contribution in [2.45, 2.75) is 25.9 Å². The minimum atomic E-state index is -4.21. The molecule has 0 aliphatic heterocycles. The van der Waals surface area contributed by atoms with Crippen LogP contribution in [0.3, 0.4) is 0 Å². The molecule has 1 aromatic rings. The molecule has 0 spiro atoms. The third-order valence-corrected chi connectivity index (χ3v) is 3.12. The van der Waals surface area contributed by atoms with Gasteiger partial charge in [-0.1, -0.05) is 0 Å². The van der Waals surface area contributed by atoms with Crippen LogP contribution in [0.15, 0.2) is 12.1 Å². The number of nitrogens with zero attached hydrogens (tertiary/aromatic N) is 1. The summed E-state index contributed by atoms with van der Waals surface area (Å²) in [6, 6.07) is 3.25. The van der Waals surface area contributed by atoms with E-state index in [0.717, 1.165) is 5.69 Å². The molecule has 0 amide bonds. The Morgan fingerprint density at radius 3 is 2.50 bits per heavy atom. The maximum atomic E-state index is 12.7. The largest absolute Gasteiger partial charge is 0.487 e. The van der Waals surface area contributed by atoms with Crippen molar-refractivity contribution in [2.24, 2.45) is 5.41 Å². The first-order valence-corrected chi connectivity index (χ1v) is 5.59. The molecule has 0 aromatic carbocycles. The lowest BCUT2D eigenvalue weighted by molar-refractivity contribution is -0.194. The van der Waals surface area contributed by atoms with Crippen LogP contribution < -0.4 is 9.47 Å². The van der Waals surface area contributed by atoms with Crippen molar-refractivity contribution in [3.05, 3.63) is 17.8 Å². The molecule has 100 valence electrons. The van der Waals surface area contributed by atoms with Crippen molar-refractivity contribution in [2.75, 3.05) is 13.7 Å². The van der Waals surface area contributed by atoms with Crippen LogP contribution in [0.5, 0.6) is 11.6 Å². The van der Waals surface area contributed by atoms with Gasteiger partial charge >= 0.3 is 6.18 Å². The summed E-state index contributed by atoms with van der Waals surface area (Å²) in [6.07, 6.45) is -3.96. The van der Waals surface area contributed by atoms with Crippen LogP contribution in [0.25, 0.3) is 0 Å². The summed E-state index contributed by atoms with van der Waals surface area (Å²) in [7, 11) is 1.41. The van der Waals surface area contributed by atoms with Gasteiger partial charge in [-0.2, -0.15) is 13.2 Å². The van der Waals surface area contributed by atoms with Gasteiger partial charge in [-0.25, -0.2) is 4.98 Å². The zero-order valence-corrected chi connectivity index (χ0v) is 10.2. The molecule has 2 rings (SSSR count). The highest BCUT2D eigenvalue weighted by atomic mass is 19.4. The highest BCUT2D eigenvalue weighted by Gasteiger charge is 2.63. The molecule has 0 saturated heterocycles. The standard InChI is InChI=1S/C12H14F3NO2/c1-8-3-4-9(10(16-8)17-2)18-7-11(5-6-11)12(13,14)15/h3-4H,5-7H2,1-2H3. The molecule has 6 heteroatoms. The maximum absolute atomic E-state index is 12.7. The SMILES string of the molecule is COc1nc(C)ccc1OCC1(C(F)(F)F)CC1. The number of hydrogen-bond donors (Lipinski definition) is 0. The molecule has 1 aromatic heterocycles. The molecule has 1 heterocycles. The van der Waals surface area contributed by atoms with Gasteiger partial charge in [0.05, 0.1) is 7.11 Å². The normalized spacial score (nSPS) is 17.4. The number of hydrogen-bond acceptors (Lipinski definition) is 3. The second kappa shape index (κ2) is 4.33. The van der Waals surface area contributed by atoms with E-state index in [0.29, 0.717) is 0 Å². The molecule has 0 bridgehead atoms. The Kier molecular flexibility index (Phi) is 3.12. The summed E-state index contributed by atoms with van der Waals surface area (Å²) in [4.78, 5) is 4.05. The molecule has 18 heavy (non-hydrogen) atoms. The minimum Gasteiger partial charge on any atom is -0.487 e. The Morgan fingerprint density at radius 2 is 2.00 bits per heavy atom. The number of aryl methyl sites for hydroxylation is 1. The second-order valence-electron chi connectivity index (χ2n) is 4.53. The predicted octanol–water partition coefficient (Wildman–Crippen LogP) is 3.12. The van der Waals surface area contributed by atoms with Gasteiger partial charge in [-0.15, -0.1) is 0 Å². The van der Waals surface area contributed by atoms with Crippen molar-refractivity contribution >= 4 is 0 Å². The average molecular weight is 261 g/mol. The molecule has 1 saturated carbocycles. The Morgan fingerprint density at radius 1 is 1.33 bits per heavy atom. The molecular formula is C12H14F3NO2. The van der Waals surface area contributed by atoms with Gasteiger partial charge < -0.3 is 9.47 Å². The lowest BCUT2D eigenvalue weighted by atomic mass is 10.1. The number of alkyl halides is 3. The molecule has 0 radical (unpaired) electrons. The van der Waals surface area contributed by atoms with E-state index < -0.39 is 11.6 Å². The second-order valence-corrected chi connectivity index (χ2v) is 4.53. The van der Waals surface area contributed by atoms with Crippen molar-refractivity contribution in [1.82, 2.24) is 4.98 Å². The third kappa shape index (κ3) is 2.37. The lowest BCUT2D eigenvalue weighted by Gasteiger charge is -2.20. The van der Waals surface area contributed by atoms with Crippen LogP contribution in [0.4, 0.5) is 13.2 Å². The predicted molar refractivity (Wildman–Crippen MR) is 58.7 cm³/mol. The Hall–Kier alpha value is -1.46. The third-order valence-electron chi connectivity index (χ3n) is 3.12. The van der Waals surface area contributed by atoms with Crippen molar-refractivity contribution in [3.63, 3.8) is 0 Å². The van der Waals surface area contributed by atoms with Crippen molar-refractivity contribution < 1.29 is 22.6 Å². The lowest BCUT2D eigenvalue weighted by Crippen LogP contribution is -2.30. The quantitative estimate of drug-likeness (QED) is 0.834. The number of ether oxygens (including phenoxy) is 2. The molecular weight excluding hydrogens is 247 g/mol. The Balaban J connectivity index is 2.07. The topological polar surface area (TPSA) is 31.4 Å². The van der Waals surface area contributed by atoms with Crippen molar-refractivity contribution in [3.8, 4) is 11.6 Å². The first kappa shape index (κ1) is 13.0. The van der Waals surface area contributed by atoms with E-state index in [-0.39, 0.29) is 31.1 Å². The van der Waals surface area contributed by atoms with Gasteiger partial charge in [-0.3, -0.25) is 0 Å². The Labute approximate surface area is 103 Å². The van der Waals surface area contributed by atoms with Gasteiger partial charge in [0.1, 0.15) is 12.0 Å². The van der Waals surface area contributed by atoms with Gasteiger partial charge in [-0.05, 0) is 31.9 Å². The fraction of sp³-hybridized carbons (Fsp3) is 0.583. The van der Waals surface area contributed by atoms with Gasteiger partial charge in [0.2, 0.25) is 0 Å². The van der Waals surface area contributed by atoms with E-state index in [1.807, 2.05) is 0 Å². The first-order chi connectivity index (χ1) is 8.38. The van der Waals surface area contributed by atoms with Crippen LogP contribution in [-0.4, -0.2) is 24.9 Å². The van der Waals surface area contributed by atoms with Gasteiger partial charge in [0.15, 0.2) is 5.75 Å². The van der Waals surface area contributed by atoms with Crippen LogP contribution in [0, 0.1) is 12.3 Å². The van der Waals surface area contributed by atoms with Crippen LogP contribution in [-0.2, 0) is 0 Å². The summed E-state index contributed by atoms with van der Waals surface area (Å²) >= 11 is 0. The first-order valence-electron chi connectivity index (χ1n) is 5.59. The van der Waals surface area contributed by atoms with Crippen LogP contribution in [0.2, 0.25) is 0 Å². The van der Waals surface area contributed by atoms with Crippen LogP contribution >= 0.6 is 0 Å². The molecule has 1 fully saturated rings. The van der Waals surface area contributed by atoms with E-state index >= 15 is 0 Å². The van der Waals surface area contributed by atoms with E-state index in [1.54, 1.807) is 19.1 Å². The van der Waals surface area contributed by atoms with E-state index in [4.69, 9.17) is 9.47 Å². The van der Waals surface area contributed by atoms with E-state index in [9.17, 15) is 13.2 Å². The summed E-state index contributed by atoms with van der Waals surface area (Å²) in [6.45, 7) is 1.39.